The van der Waals surface area contributed by atoms with Crippen LogP contribution < -0.4 is 10.1 Å². The van der Waals surface area contributed by atoms with E-state index in [-0.39, 0.29) is 16.2 Å². The summed E-state index contributed by atoms with van der Waals surface area (Å²) in [7, 11) is -1.38. The molecule has 1 N–H and O–H groups in total. The second-order valence-corrected chi connectivity index (χ2v) is 8.43. The number of esters is 1. The Morgan fingerprint density at radius 2 is 1.70 bits per heavy atom. The highest BCUT2D eigenvalue weighted by Crippen LogP contribution is 2.18. The fourth-order valence-electron chi connectivity index (χ4n) is 2.31. The van der Waals surface area contributed by atoms with E-state index in [0.717, 1.165) is 4.31 Å². The SMILES string of the molecule is COc1ccccc1C(=O)NC(=O)COC(=O)CN(C)S(=O)(=O)c1ccc(Cl)cc1. The van der Waals surface area contributed by atoms with E-state index < -0.39 is 41.0 Å². The van der Waals surface area contributed by atoms with Crippen molar-refractivity contribution < 1.29 is 32.3 Å². The van der Waals surface area contributed by atoms with Gasteiger partial charge in [-0.05, 0) is 36.4 Å². The topological polar surface area (TPSA) is 119 Å². The number of hydrogen-bond acceptors (Lipinski definition) is 7. The van der Waals surface area contributed by atoms with Gasteiger partial charge < -0.3 is 9.47 Å². The number of methoxy groups -OCH3 is 1. The molecule has 0 saturated heterocycles. The van der Waals surface area contributed by atoms with Crippen molar-refractivity contribution >= 4 is 39.4 Å². The first-order valence-electron chi connectivity index (χ1n) is 8.50. The van der Waals surface area contributed by atoms with Gasteiger partial charge in [-0.3, -0.25) is 19.7 Å². The van der Waals surface area contributed by atoms with Gasteiger partial charge in [-0.15, -0.1) is 0 Å². The summed E-state index contributed by atoms with van der Waals surface area (Å²) in [5.41, 5.74) is 0.133. The van der Waals surface area contributed by atoms with Gasteiger partial charge in [-0.1, -0.05) is 23.7 Å². The molecule has 2 amide bonds. The number of benzene rings is 2. The summed E-state index contributed by atoms with van der Waals surface area (Å²) in [6.45, 7) is -1.38. The highest BCUT2D eigenvalue weighted by Gasteiger charge is 2.24. The molecule has 0 aliphatic heterocycles. The van der Waals surface area contributed by atoms with Gasteiger partial charge >= 0.3 is 5.97 Å². The molecule has 0 radical (unpaired) electrons. The molecule has 0 fully saturated rings. The number of carbonyl (C=O) groups is 3. The average Bonchev–Trinajstić information content (AvgIpc) is 2.72. The Labute approximate surface area is 178 Å². The van der Waals surface area contributed by atoms with Crippen LogP contribution in [0.25, 0.3) is 0 Å². The number of amides is 2. The van der Waals surface area contributed by atoms with Crippen LogP contribution in [-0.2, 0) is 24.3 Å². The van der Waals surface area contributed by atoms with Crippen LogP contribution in [-0.4, -0.2) is 57.8 Å². The van der Waals surface area contributed by atoms with Crippen molar-refractivity contribution in [1.29, 1.82) is 0 Å². The third-order valence-corrected chi connectivity index (χ3v) is 5.91. The van der Waals surface area contributed by atoms with Crippen LogP contribution in [0.3, 0.4) is 0 Å². The predicted molar refractivity (Wildman–Crippen MR) is 108 cm³/mol. The number of hydrogen-bond donors (Lipinski definition) is 1. The van der Waals surface area contributed by atoms with Crippen LogP contribution in [0.15, 0.2) is 53.4 Å². The Bertz CT molecular complexity index is 1040. The van der Waals surface area contributed by atoms with E-state index in [9.17, 15) is 22.8 Å². The minimum Gasteiger partial charge on any atom is -0.496 e. The maximum absolute atomic E-state index is 12.4. The van der Waals surface area contributed by atoms with E-state index in [1.165, 1.54) is 44.5 Å². The van der Waals surface area contributed by atoms with Crippen LogP contribution in [0.1, 0.15) is 10.4 Å². The van der Waals surface area contributed by atoms with E-state index in [1.54, 1.807) is 18.2 Å². The lowest BCUT2D eigenvalue weighted by Crippen LogP contribution is -2.37. The Morgan fingerprint density at radius 3 is 2.33 bits per heavy atom. The highest BCUT2D eigenvalue weighted by atomic mass is 35.5. The van der Waals surface area contributed by atoms with Gasteiger partial charge in [0.05, 0.1) is 17.6 Å². The minimum absolute atomic E-state index is 0.0534. The molecule has 0 saturated carbocycles. The summed E-state index contributed by atoms with van der Waals surface area (Å²) in [6.07, 6.45) is 0. The number of ether oxygens (including phenoxy) is 2. The first kappa shape index (κ1) is 23.3. The van der Waals surface area contributed by atoms with Crippen molar-refractivity contribution in [2.24, 2.45) is 0 Å². The molecule has 0 aliphatic carbocycles. The zero-order valence-electron chi connectivity index (χ0n) is 16.1. The molecule has 2 rings (SSSR count). The van der Waals surface area contributed by atoms with Gasteiger partial charge in [0.15, 0.2) is 6.61 Å². The standard InChI is InChI=1S/C19H19ClN2O7S/c1-22(30(26,27)14-9-7-13(20)8-10-14)11-18(24)29-12-17(23)21-19(25)15-5-3-4-6-16(15)28-2/h3-10H,11-12H2,1-2H3,(H,21,23,25). The molecule has 160 valence electrons. The Kier molecular flexibility index (Phi) is 7.93. The first-order chi connectivity index (χ1) is 14.1. The number of likely N-dealkylation sites (N-methyl/N-ethyl adjacent to an activating group) is 1. The van der Waals surface area contributed by atoms with E-state index in [1.807, 2.05) is 0 Å². The molecule has 0 bridgehead atoms. The van der Waals surface area contributed by atoms with Gasteiger partial charge in [0, 0.05) is 12.1 Å². The number of carbonyl (C=O) groups excluding carboxylic acids is 3. The molecule has 0 spiro atoms. The Hall–Kier alpha value is -2.95. The van der Waals surface area contributed by atoms with Crippen LogP contribution in [0.5, 0.6) is 5.75 Å². The summed E-state index contributed by atoms with van der Waals surface area (Å²) < 4.78 is 35.4. The molecule has 0 aromatic heterocycles. The van der Waals surface area contributed by atoms with Gasteiger partial charge in [0.2, 0.25) is 10.0 Å². The number of nitrogens with zero attached hydrogens (tertiary/aromatic N) is 1. The fraction of sp³-hybridized carbons (Fsp3) is 0.211. The average molecular weight is 455 g/mol. The van der Waals surface area contributed by atoms with E-state index >= 15 is 0 Å². The second kappa shape index (κ2) is 10.2. The number of halogens is 1. The van der Waals surface area contributed by atoms with Crippen molar-refractivity contribution in [2.45, 2.75) is 4.90 Å². The van der Waals surface area contributed by atoms with Crippen molar-refractivity contribution in [1.82, 2.24) is 9.62 Å². The maximum atomic E-state index is 12.4. The number of rotatable bonds is 8. The molecule has 9 nitrogen and oxygen atoms in total. The molecule has 2 aromatic rings. The fourth-order valence-corrected chi connectivity index (χ4v) is 3.55. The van der Waals surface area contributed by atoms with Crippen molar-refractivity contribution in [3.8, 4) is 5.75 Å². The van der Waals surface area contributed by atoms with E-state index in [2.05, 4.69) is 5.32 Å². The molecule has 0 aliphatic rings. The third-order valence-electron chi connectivity index (χ3n) is 3.84. The molecule has 11 heteroatoms. The predicted octanol–water partition coefficient (Wildman–Crippen LogP) is 1.47. The van der Waals surface area contributed by atoms with Gasteiger partial charge in [-0.2, -0.15) is 4.31 Å². The smallest absolute Gasteiger partial charge is 0.321 e. The highest BCUT2D eigenvalue weighted by molar-refractivity contribution is 7.89. The molecule has 2 aromatic carbocycles. The Morgan fingerprint density at radius 1 is 1.07 bits per heavy atom. The van der Waals surface area contributed by atoms with Crippen LogP contribution in [0.2, 0.25) is 5.02 Å². The van der Waals surface area contributed by atoms with E-state index in [4.69, 9.17) is 21.1 Å². The van der Waals surface area contributed by atoms with Crippen LogP contribution >= 0.6 is 11.6 Å². The minimum atomic E-state index is -3.95. The quantitative estimate of drug-likeness (QED) is 0.600. The largest absolute Gasteiger partial charge is 0.496 e. The molecular weight excluding hydrogens is 436 g/mol. The summed E-state index contributed by atoms with van der Waals surface area (Å²) >= 11 is 5.74. The molecule has 30 heavy (non-hydrogen) atoms. The molecule has 0 atom stereocenters. The molecular formula is C19H19ClN2O7S. The van der Waals surface area contributed by atoms with Crippen molar-refractivity contribution in [3.63, 3.8) is 0 Å². The number of sulfonamides is 1. The normalized spacial score (nSPS) is 11.1. The summed E-state index contributed by atoms with van der Waals surface area (Å²) in [5.74, 6) is -2.29. The van der Waals surface area contributed by atoms with Crippen molar-refractivity contribution in [2.75, 3.05) is 27.3 Å². The maximum Gasteiger partial charge on any atom is 0.321 e. The summed E-state index contributed by atoms with van der Waals surface area (Å²) in [5, 5.41) is 2.43. The lowest BCUT2D eigenvalue weighted by molar-refractivity contribution is -0.148. The number of nitrogens with one attached hydrogen (secondary N) is 1. The molecule has 0 unspecified atom stereocenters. The number of imide groups is 1. The van der Waals surface area contributed by atoms with E-state index in [0.29, 0.717) is 5.02 Å². The van der Waals surface area contributed by atoms with Crippen molar-refractivity contribution in [3.05, 3.63) is 59.1 Å². The van der Waals surface area contributed by atoms with Gasteiger partial charge in [0.1, 0.15) is 12.3 Å². The summed E-state index contributed by atoms with van der Waals surface area (Å²) in [4.78, 5) is 35.9. The number of para-hydroxylation sites is 1. The first-order valence-corrected chi connectivity index (χ1v) is 10.3. The Balaban J connectivity index is 1.88. The zero-order chi connectivity index (χ0) is 22.3. The third kappa shape index (κ3) is 6.02. The van der Waals surface area contributed by atoms with Crippen LogP contribution in [0.4, 0.5) is 0 Å². The lowest BCUT2D eigenvalue weighted by atomic mass is 10.2. The van der Waals surface area contributed by atoms with Gasteiger partial charge in [-0.25, -0.2) is 8.42 Å². The van der Waals surface area contributed by atoms with Crippen LogP contribution in [0, 0.1) is 0 Å². The van der Waals surface area contributed by atoms with Gasteiger partial charge in [0.25, 0.3) is 11.8 Å². The zero-order valence-corrected chi connectivity index (χ0v) is 17.7. The lowest BCUT2D eigenvalue weighted by Gasteiger charge is -2.16. The monoisotopic (exact) mass is 454 g/mol. The summed E-state index contributed by atoms with van der Waals surface area (Å²) in [6, 6.07) is 11.7. The molecule has 0 heterocycles. The second-order valence-electron chi connectivity index (χ2n) is 5.95.